The summed E-state index contributed by atoms with van der Waals surface area (Å²) in [5.74, 6) is 1.77. The van der Waals surface area contributed by atoms with E-state index in [-0.39, 0.29) is 12.4 Å². The van der Waals surface area contributed by atoms with Gasteiger partial charge in [-0.25, -0.2) is 4.98 Å². The Kier molecular flexibility index (Phi) is 3.61. The smallest absolute Gasteiger partial charge is 0.129 e. The lowest BCUT2D eigenvalue weighted by Gasteiger charge is -2.02. The lowest BCUT2D eigenvalue weighted by Crippen LogP contribution is -2.00. The predicted molar refractivity (Wildman–Crippen MR) is 57.0 cm³/mol. The summed E-state index contributed by atoms with van der Waals surface area (Å²) < 4.78 is 7.10. The minimum Gasteiger partial charge on any atom is -0.467 e. The molecule has 2 rings (SSSR count). The van der Waals surface area contributed by atoms with Crippen LogP contribution in [-0.2, 0) is 6.54 Å². The van der Waals surface area contributed by atoms with Crippen LogP contribution in [0.5, 0.6) is 0 Å². The number of halogens is 2. The predicted octanol–water partition coefficient (Wildman–Crippen LogP) is 2.91. The molecule has 0 fully saturated rings. The van der Waals surface area contributed by atoms with E-state index in [2.05, 4.69) is 4.98 Å². The second-order valence-corrected chi connectivity index (χ2v) is 3.18. The van der Waals surface area contributed by atoms with Gasteiger partial charge in [0.15, 0.2) is 0 Å². The number of furan rings is 1. The number of hydrogen-bond donors (Lipinski definition) is 0. The largest absolute Gasteiger partial charge is 0.467 e. The summed E-state index contributed by atoms with van der Waals surface area (Å²) in [5.41, 5.74) is 0. The molecule has 0 saturated heterocycles. The third-order valence-electron chi connectivity index (χ3n) is 1.90. The molecule has 0 aromatic carbocycles. The van der Waals surface area contributed by atoms with Crippen molar-refractivity contribution in [2.24, 2.45) is 0 Å². The van der Waals surface area contributed by atoms with Gasteiger partial charge in [-0.3, -0.25) is 0 Å². The Hall–Kier alpha value is -0.930. The molecule has 3 nitrogen and oxygen atoms in total. The first-order valence-electron chi connectivity index (χ1n) is 3.97. The highest BCUT2D eigenvalue weighted by Crippen LogP contribution is 2.13. The molecule has 0 unspecified atom stereocenters. The van der Waals surface area contributed by atoms with Crippen LogP contribution in [0.25, 0.3) is 0 Å². The molecular weight excluding hydrogens is 223 g/mol. The Morgan fingerprint density at radius 3 is 2.86 bits per heavy atom. The summed E-state index contributed by atoms with van der Waals surface area (Å²) in [4.78, 5) is 4.09. The molecule has 0 aliphatic carbocycles. The third kappa shape index (κ3) is 2.11. The van der Waals surface area contributed by atoms with Crippen LogP contribution in [0.15, 0.2) is 29.0 Å². The van der Waals surface area contributed by atoms with E-state index in [0.29, 0.717) is 11.7 Å². The summed E-state index contributed by atoms with van der Waals surface area (Å²) in [6.07, 6.45) is 3.29. The highest BCUT2D eigenvalue weighted by atomic mass is 35.5. The highest BCUT2D eigenvalue weighted by molar-refractivity contribution is 6.29. The van der Waals surface area contributed by atoms with E-state index in [4.69, 9.17) is 16.0 Å². The minimum atomic E-state index is 0. The Bertz CT molecular complexity index is 375. The zero-order valence-corrected chi connectivity index (χ0v) is 9.18. The summed E-state index contributed by atoms with van der Waals surface area (Å²) in [6.45, 7) is 2.55. The van der Waals surface area contributed by atoms with Crippen molar-refractivity contribution < 1.29 is 4.42 Å². The second kappa shape index (κ2) is 4.53. The van der Waals surface area contributed by atoms with Crippen molar-refractivity contribution in [2.75, 3.05) is 0 Å². The van der Waals surface area contributed by atoms with E-state index in [9.17, 15) is 0 Å². The summed E-state index contributed by atoms with van der Waals surface area (Å²) in [6, 6.07) is 3.77. The molecule has 0 radical (unpaired) electrons. The van der Waals surface area contributed by atoms with Crippen molar-refractivity contribution in [3.05, 3.63) is 41.3 Å². The van der Waals surface area contributed by atoms with Gasteiger partial charge in [0, 0.05) is 0 Å². The van der Waals surface area contributed by atoms with Gasteiger partial charge in [-0.15, -0.1) is 12.4 Å². The number of hydrogen-bond acceptors (Lipinski definition) is 2. The van der Waals surface area contributed by atoms with Crippen LogP contribution in [0, 0.1) is 6.92 Å². The van der Waals surface area contributed by atoms with E-state index >= 15 is 0 Å². The number of imidazole rings is 1. The van der Waals surface area contributed by atoms with Crippen molar-refractivity contribution in [2.45, 2.75) is 13.5 Å². The molecule has 2 heterocycles. The first kappa shape index (κ1) is 11.1. The third-order valence-corrected chi connectivity index (χ3v) is 2.20. The average molecular weight is 233 g/mol. The zero-order valence-electron chi connectivity index (χ0n) is 7.61. The van der Waals surface area contributed by atoms with E-state index in [0.717, 1.165) is 11.6 Å². The monoisotopic (exact) mass is 232 g/mol. The summed E-state index contributed by atoms with van der Waals surface area (Å²) in [7, 11) is 0. The topological polar surface area (TPSA) is 31.0 Å². The van der Waals surface area contributed by atoms with E-state index in [1.807, 2.05) is 23.6 Å². The lowest BCUT2D eigenvalue weighted by atomic mass is 10.4. The number of aryl methyl sites for hydroxylation is 1. The van der Waals surface area contributed by atoms with Gasteiger partial charge < -0.3 is 8.98 Å². The molecule has 2 aromatic heterocycles. The molecule has 0 spiro atoms. The van der Waals surface area contributed by atoms with Gasteiger partial charge in [0.1, 0.15) is 16.7 Å². The first-order chi connectivity index (χ1) is 6.27. The highest BCUT2D eigenvalue weighted by Gasteiger charge is 2.05. The van der Waals surface area contributed by atoms with Gasteiger partial charge in [0.05, 0.1) is 19.0 Å². The first-order valence-corrected chi connectivity index (χ1v) is 4.35. The molecule has 2 aromatic rings. The van der Waals surface area contributed by atoms with Crippen LogP contribution in [0.1, 0.15) is 11.6 Å². The molecule has 5 heteroatoms. The Morgan fingerprint density at radius 1 is 1.57 bits per heavy atom. The van der Waals surface area contributed by atoms with Crippen LogP contribution in [0.3, 0.4) is 0 Å². The standard InChI is InChI=1S/C9H9ClN2O.ClH/c1-7-11-5-9(10)12(7)6-8-3-2-4-13-8;/h2-5H,6H2,1H3;1H. The fourth-order valence-corrected chi connectivity index (χ4v) is 1.42. The molecule has 0 N–H and O–H groups in total. The number of rotatable bonds is 2. The van der Waals surface area contributed by atoms with Crippen LogP contribution < -0.4 is 0 Å². The molecule has 0 aliphatic rings. The van der Waals surface area contributed by atoms with Crippen molar-refractivity contribution in [1.29, 1.82) is 0 Å². The molecule has 0 saturated carbocycles. The minimum absolute atomic E-state index is 0. The molecule has 0 amide bonds. The Morgan fingerprint density at radius 2 is 2.36 bits per heavy atom. The summed E-state index contributed by atoms with van der Waals surface area (Å²) in [5, 5.41) is 0.633. The lowest BCUT2D eigenvalue weighted by molar-refractivity contribution is 0.491. The Labute approximate surface area is 93.1 Å². The van der Waals surface area contributed by atoms with Gasteiger partial charge >= 0.3 is 0 Å². The normalized spacial score (nSPS) is 9.86. The molecular formula is C9H10Cl2N2O. The van der Waals surface area contributed by atoms with Gasteiger partial charge in [-0.1, -0.05) is 11.6 Å². The fourth-order valence-electron chi connectivity index (χ4n) is 1.19. The van der Waals surface area contributed by atoms with Crippen molar-refractivity contribution in [3.8, 4) is 0 Å². The molecule has 0 bridgehead atoms. The van der Waals surface area contributed by atoms with Crippen LogP contribution >= 0.6 is 24.0 Å². The maximum absolute atomic E-state index is 5.92. The summed E-state index contributed by atoms with van der Waals surface area (Å²) >= 11 is 5.92. The fraction of sp³-hybridized carbons (Fsp3) is 0.222. The van der Waals surface area contributed by atoms with Gasteiger partial charge in [-0.2, -0.15) is 0 Å². The van der Waals surface area contributed by atoms with Crippen molar-refractivity contribution >= 4 is 24.0 Å². The Balaban J connectivity index is 0.000000980. The second-order valence-electron chi connectivity index (χ2n) is 2.79. The van der Waals surface area contributed by atoms with Gasteiger partial charge in [-0.05, 0) is 19.1 Å². The molecule has 0 aliphatic heterocycles. The van der Waals surface area contributed by atoms with E-state index in [1.165, 1.54) is 0 Å². The maximum Gasteiger partial charge on any atom is 0.129 e. The van der Waals surface area contributed by atoms with E-state index < -0.39 is 0 Å². The number of aromatic nitrogens is 2. The van der Waals surface area contributed by atoms with Crippen LogP contribution in [-0.4, -0.2) is 9.55 Å². The van der Waals surface area contributed by atoms with Gasteiger partial charge in [0.25, 0.3) is 0 Å². The SMILES string of the molecule is Cc1ncc(Cl)n1Cc1ccco1.Cl. The van der Waals surface area contributed by atoms with Crippen molar-refractivity contribution in [1.82, 2.24) is 9.55 Å². The van der Waals surface area contributed by atoms with E-state index in [1.54, 1.807) is 12.5 Å². The number of nitrogens with zero attached hydrogens (tertiary/aromatic N) is 2. The van der Waals surface area contributed by atoms with Crippen molar-refractivity contribution in [3.63, 3.8) is 0 Å². The van der Waals surface area contributed by atoms with Gasteiger partial charge in [0.2, 0.25) is 0 Å². The maximum atomic E-state index is 5.92. The molecule has 14 heavy (non-hydrogen) atoms. The molecule has 0 atom stereocenters. The quantitative estimate of drug-likeness (QED) is 0.798. The molecule has 76 valence electrons. The zero-order chi connectivity index (χ0) is 9.26. The van der Waals surface area contributed by atoms with Crippen LogP contribution in [0.4, 0.5) is 0 Å². The van der Waals surface area contributed by atoms with Crippen LogP contribution in [0.2, 0.25) is 5.15 Å². The average Bonchev–Trinajstić information content (AvgIpc) is 2.70.